The molecule has 6 nitrogen and oxygen atoms in total. The molecule has 140 valence electrons. The monoisotopic (exact) mass is 385 g/mol. The van der Waals surface area contributed by atoms with Crippen molar-refractivity contribution in [2.45, 2.75) is 23.8 Å². The summed E-state index contributed by atoms with van der Waals surface area (Å²) < 4.78 is 32.8. The van der Waals surface area contributed by atoms with Gasteiger partial charge in [-0.2, -0.15) is 4.31 Å². The second kappa shape index (κ2) is 6.67. The normalized spacial score (nSPS) is 19.8. The van der Waals surface area contributed by atoms with Gasteiger partial charge < -0.3 is 4.74 Å². The molecule has 0 spiro atoms. The Balaban J connectivity index is 1.77. The van der Waals surface area contributed by atoms with Crippen LogP contribution in [-0.2, 0) is 14.8 Å². The number of hydrogen-bond acceptors (Lipinski definition) is 5. The Labute approximate surface area is 157 Å². The zero-order valence-electron chi connectivity index (χ0n) is 14.8. The second-order valence-corrected chi connectivity index (χ2v) is 8.67. The van der Waals surface area contributed by atoms with Gasteiger partial charge in [0.2, 0.25) is 10.0 Å². The number of methoxy groups -OCH3 is 1. The molecule has 0 bridgehead atoms. The van der Waals surface area contributed by atoms with Crippen molar-refractivity contribution in [1.82, 2.24) is 4.31 Å². The molecule has 1 fully saturated rings. The summed E-state index contributed by atoms with van der Waals surface area (Å²) in [6.45, 7) is 0.748. The van der Waals surface area contributed by atoms with Crippen LogP contribution in [0.25, 0.3) is 0 Å². The van der Waals surface area contributed by atoms with Gasteiger partial charge in [-0.1, -0.05) is 24.3 Å². The van der Waals surface area contributed by atoms with Gasteiger partial charge in [0.15, 0.2) is 11.6 Å². The van der Waals surface area contributed by atoms with E-state index >= 15 is 0 Å². The molecule has 2 aliphatic rings. The molecule has 0 N–H and O–H groups in total. The summed E-state index contributed by atoms with van der Waals surface area (Å²) in [4.78, 5) is 25.6. The maximum Gasteiger partial charge on any atom is 0.243 e. The number of carbonyl (C=O) groups is 2. The molecule has 7 heteroatoms. The summed E-state index contributed by atoms with van der Waals surface area (Å²) in [6.07, 6.45) is 1.51. The highest BCUT2D eigenvalue weighted by Gasteiger charge is 2.37. The van der Waals surface area contributed by atoms with Crippen LogP contribution in [0.5, 0.6) is 0 Å². The lowest BCUT2D eigenvalue weighted by molar-refractivity contribution is 0.0979. The lowest BCUT2D eigenvalue weighted by Crippen LogP contribution is -2.38. The minimum atomic E-state index is -3.77. The summed E-state index contributed by atoms with van der Waals surface area (Å²) >= 11 is 0. The van der Waals surface area contributed by atoms with Gasteiger partial charge in [0, 0.05) is 42.0 Å². The van der Waals surface area contributed by atoms with Crippen molar-refractivity contribution in [1.29, 1.82) is 0 Å². The van der Waals surface area contributed by atoms with Crippen molar-refractivity contribution in [2.75, 3.05) is 20.3 Å². The van der Waals surface area contributed by atoms with Crippen LogP contribution < -0.4 is 0 Å². The van der Waals surface area contributed by atoms with Crippen molar-refractivity contribution in [3.05, 3.63) is 64.7 Å². The molecule has 0 radical (unpaired) electrons. The van der Waals surface area contributed by atoms with Crippen molar-refractivity contribution < 1.29 is 22.7 Å². The first-order valence-corrected chi connectivity index (χ1v) is 10.2. The topological polar surface area (TPSA) is 80.8 Å². The lowest BCUT2D eigenvalue weighted by atomic mass is 9.84. The van der Waals surface area contributed by atoms with E-state index in [-0.39, 0.29) is 33.6 Å². The van der Waals surface area contributed by atoms with Crippen molar-refractivity contribution in [2.24, 2.45) is 0 Å². The molecule has 27 heavy (non-hydrogen) atoms. The maximum absolute atomic E-state index is 13.1. The highest BCUT2D eigenvalue weighted by molar-refractivity contribution is 7.89. The molecular weight excluding hydrogens is 366 g/mol. The lowest BCUT2D eigenvalue weighted by Gasteiger charge is -2.24. The number of nitrogens with zero attached hydrogens (tertiary/aromatic N) is 1. The zero-order valence-corrected chi connectivity index (χ0v) is 15.7. The smallest absolute Gasteiger partial charge is 0.243 e. The molecule has 1 saturated heterocycles. The third kappa shape index (κ3) is 2.82. The Kier molecular flexibility index (Phi) is 4.46. The minimum Gasteiger partial charge on any atom is -0.383 e. The number of ketones is 2. The Morgan fingerprint density at radius 3 is 2.30 bits per heavy atom. The van der Waals surface area contributed by atoms with Gasteiger partial charge in [0.1, 0.15) is 0 Å². The summed E-state index contributed by atoms with van der Waals surface area (Å²) in [7, 11) is -2.23. The van der Waals surface area contributed by atoms with Crippen LogP contribution in [0.1, 0.15) is 44.7 Å². The fourth-order valence-corrected chi connectivity index (χ4v) is 5.56. The first kappa shape index (κ1) is 18.0. The van der Waals surface area contributed by atoms with E-state index in [0.29, 0.717) is 24.3 Å². The van der Waals surface area contributed by atoms with Gasteiger partial charge in [-0.15, -0.1) is 0 Å². The number of carbonyl (C=O) groups excluding carboxylic acids is 2. The number of rotatable bonds is 4. The van der Waals surface area contributed by atoms with Gasteiger partial charge in [-0.05, 0) is 31.0 Å². The van der Waals surface area contributed by atoms with Gasteiger partial charge in [0.25, 0.3) is 0 Å². The van der Waals surface area contributed by atoms with Crippen molar-refractivity contribution >= 4 is 21.6 Å². The van der Waals surface area contributed by atoms with E-state index in [1.807, 2.05) is 0 Å². The van der Waals surface area contributed by atoms with E-state index in [4.69, 9.17) is 4.74 Å². The van der Waals surface area contributed by atoms with Gasteiger partial charge in [-0.3, -0.25) is 9.59 Å². The van der Waals surface area contributed by atoms with E-state index in [1.54, 1.807) is 31.4 Å². The van der Waals surface area contributed by atoms with Gasteiger partial charge in [-0.25, -0.2) is 8.42 Å². The third-order valence-electron chi connectivity index (χ3n) is 5.19. The highest BCUT2D eigenvalue weighted by Crippen LogP contribution is 2.31. The van der Waals surface area contributed by atoms with E-state index in [1.165, 1.54) is 22.5 Å². The number of hydrogen-bond donors (Lipinski definition) is 0. The Morgan fingerprint density at radius 2 is 1.63 bits per heavy atom. The standard InChI is InChI=1S/C20H19NO5S/c1-26-12-13-5-4-10-21(13)27(24,25)14-8-9-17-18(11-14)20(23)16-7-3-2-6-15(16)19(17)22/h2-3,6-9,11,13H,4-5,10,12H2,1H3. The minimum absolute atomic E-state index is 0.0322. The molecule has 1 unspecified atom stereocenters. The molecule has 1 atom stereocenters. The summed E-state index contributed by atoms with van der Waals surface area (Å²) in [6, 6.07) is 10.6. The predicted molar refractivity (Wildman–Crippen MR) is 98.5 cm³/mol. The van der Waals surface area contributed by atoms with Crippen LogP contribution in [0.3, 0.4) is 0 Å². The summed E-state index contributed by atoms with van der Waals surface area (Å²) in [5, 5.41) is 0. The van der Waals surface area contributed by atoms with E-state index < -0.39 is 10.0 Å². The largest absolute Gasteiger partial charge is 0.383 e. The van der Waals surface area contributed by atoms with E-state index in [0.717, 1.165) is 12.8 Å². The molecule has 1 heterocycles. The number of benzene rings is 2. The first-order chi connectivity index (χ1) is 12.9. The quantitative estimate of drug-likeness (QED) is 0.688. The van der Waals surface area contributed by atoms with Crippen LogP contribution in [-0.4, -0.2) is 50.6 Å². The van der Waals surface area contributed by atoms with Crippen molar-refractivity contribution in [3.8, 4) is 0 Å². The second-order valence-electron chi connectivity index (χ2n) is 6.78. The SMILES string of the molecule is COCC1CCCN1S(=O)(=O)c1ccc2c(c1)C(=O)c1ccccc1C2=O. The zero-order chi connectivity index (χ0) is 19.2. The summed E-state index contributed by atoms with van der Waals surface area (Å²) in [5.41, 5.74) is 1.04. The fourth-order valence-electron chi connectivity index (χ4n) is 3.86. The molecule has 1 aliphatic heterocycles. The third-order valence-corrected chi connectivity index (χ3v) is 7.13. The Hall–Kier alpha value is -2.35. The summed E-state index contributed by atoms with van der Waals surface area (Å²) in [5.74, 6) is -0.588. The van der Waals surface area contributed by atoms with Gasteiger partial charge >= 0.3 is 0 Å². The van der Waals surface area contributed by atoms with Crippen LogP contribution >= 0.6 is 0 Å². The highest BCUT2D eigenvalue weighted by atomic mass is 32.2. The average molecular weight is 385 g/mol. The molecule has 1 aliphatic carbocycles. The van der Waals surface area contributed by atoms with Gasteiger partial charge in [0.05, 0.1) is 11.5 Å². The Morgan fingerprint density at radius 1 is 1.00 bits per heavy atom. The fraction of sp³-hybridized carbons (Fsp3) is 0.300. The van der Waals surface area contributed by atoms with E-state index in [2.05, 4.69) is 0 Å². The van der Waals surface area contributed by atoms with Crippen molar-refractivity contribution in [3.63, 3.8) is 0 Å². The van der Waals surface area contributed by atoms with Crippen LogP contribution in [0.2, 0.25) is 0 Å². The molecule has 4 rings (SSSR count). The number of fused-ring (bicyclic) bond motifs is 2. The predicted octanol–water partition coefficient (Wildman–Crippen LogP) is 2.26. The Bertz CT molecular complexity index is 1040. The molecule has 2 aromatic carbocycles. The molecule has 0 aromatic heterocycles. The maximum atomic E-state index is 13.1. The number of sulfonamides is 1. The van der Waals surface area contributed by atoms with Crippen LogP contribution in [0, 0.1) is 0 Å². The molecule has 2 aromatic rings. The average Bonchev–Trinajstić information content (AvgIpc) is 3.15. The van der Waals surface area contributed by atoms with Crippen LogP contribution in [0.15, 0.2) is 47.4 Å². The first-order valence-electron chi connectivity index (χ1n) is 8.78. The molecular formula is C20H19NO5S. The van der Waals surface area contributed by atoms with Crippen LogP contribution in [0.4, 0.5) is 0 Å². The molecule has 0 saturated carbocycles. The molecule has 0 amide bonds. The number of ether oxygens (including phenoxy) is 1. The van der Waals surface area contributed by atoms with E-state index in [9.17, 15) is 18.0 Å².